The molecule has 0 saturated carbocycles. The van der Waals surface area contributed by atoms with Crippen LogP contribution in [0.5, 0.6) is 0 Å². The molecule has 4 nitrogen and oxygen atoms in total. The van der Waals surface area contributed by atoms with E-state index in [4.69, 9.17) is 5.73 Å². The fraction of sp³-hybridized carbons (Fsp3) is 0.706. The first-order valence-electron chi connectivity index (χ1n) is 8.11. The van der Waals surface area contributed by atoms with Gasteiger partial charge in [0.05, 0.1) is 6.04 Å². The number of nitrogens with zero attached hydrogens (tertiary/aromatic N) is 2. The molecule has 118 valence electrons. The van der Waals surface area contributed by atoms with Gasteiger partial charge in [0.2, 0.25) is 0 Å². The first kappa shape index (κ1) is 16.2. The first-order chi connectivity index (χ1) is 9.96. The van der Waals surface area contributed by atoms with Crippen LogP contribution in [-0.2, 0) is 0 Å². The number of pyridine rings is 1. The number of anilines is 1. The van der Waals surface area contributed by atoms with E-state index in [0.717, 1.165) is 11.1 Å². The number of nitrogen functional groups attached to an aromatic ring is 1. The Morgan fingerprint density at radius 2 is 1.86 bits per heavy atom. The van der Waals surface area contributed by atoms with Gasteiger partial charge in [-0.3, -0.25) is 4.90 Å². The van der Waals surface area contributed by atoms with Crippen LogP contribution in [0.4, 0.5) is 5.82 Å². The summed E-state index contributed by atoms with van der Waals surface area (Å²) in [5, 5.41) is 3.48. The summed E-state index contributed by atoms with van der Waals surface area (Å²) in [4.78, 5) is 6.96. The maximum atomic E-state index is 6.15. The molecular formula is C17H30N4. The second-order valence-electron chi connectivity index (χ2n) is 6.76. The fourth-order valence-corrected chi connectivity index (χ4v) is 3.55. The van der Waals surface area contributed by atoms with Gasteiger partial charge in [-0.1, -0.05) is 12.8 Å². The van der Waals surface area contributed by atoms with E-state index >= 15 is 0 Å². The smallest absolute Gasteiger partial charge is 0.128 e. The number of likely N-dealkylation sites (N-methyl/N-ethyl adjacent to an activating group) is 1. The van der Waals surface area contributed by atoms with Crippen molar-refractivity contribution < 1.29 is 0 Å². The van der Waals surface area contributed by atoms with Crippen molar-refractivity contribution in [2.75, 3.05) is 25.9 Å². The van der Waals surface area contributed by atoms with Crippen molar-refractivity contribution in [3.8, 4) is 0 Å². The zero-order chi connectivity index (χ0) is 15.5. The van der Waals surface area contributed by atoms with Gasteiger partial charge in [-0.25, -0.2) is 4.98 Å². The Balaban J connectivity index is 2.31. The van der Waals surface area contributed by atoms with Crippen LogP contribution >= 0.6 is 0 Å². The SMILES string of the molecule is CNC(c1cc(C)cnc1N)C(C)(C)N1CCCCCC1. The Morgan fingerprint density at radius 1 is 1.24 bits per heavy atom. The predicted molar refractivity (Wildman–Crippen MR) is 89.3 cm³/mol. The molecule has 0 radical (unpaired) electrons. The van der Waals surface area contributed by atoms with E-state index in [9.17, 15) is 0 Å². The molecule has 1 aromatic rings. The molecule has 2 rings (SSSR count). The number of aromatic nitrogens is 1. The molecule has 0 aromatic carbocycles. The molecule has 1 aliphatic rings. The highest BCUT2D eigenvalue weighted by Crippen LogP contribution is 2.34. The molecule has 1 fully saturated rings. The Morgan fingerprint density at radius 3 is 2.43 bits per heavy atom. The average Bonchev–Trinajstić information content (AvgIpc) is 2.72. The van der Waals surface area contributed by atoms with E-state index in [1.165, 1.54) is 38.8 Å². The maximum absolute atomic E-state index is 6.15. The maximum Gasteiger partial charge on any atom is 0.128 e. The van der Waals surface area contributed by atoms with Crippen molar-refractivity contribution in [1.82, 2.24) is 15.2 Å². The van der Waals surface area contributed by atoms with Gasteiger partial charge in [0.25, 0.3) is 0 Å². The van der Waals surface area contributed by atoms with Crippen molar-refractivity contribution in [3.05, 3.63) is 23.4 Å². The minimum Gasteiger partial charge on any atom is -0.383 e. The van der Waals surface area contributed by atoms with Gasteiger partial charge in [-0.2, -0.15) is 0 Å². The van der Waals surface area contributed by atoms with Gasteiger partial charge in [0.15, 0.2) is 0 Å². The van der Waals surface area contributed by atoms with Crippen molar-refractivity contribution in [2.24, 2.45) is 0 Å². The van der Waals surface area contributed by atoms with Crippen LogP contribution in [0.25, 0.3) is 0 Å². The van der Waals surface area contributed by atoms with Crippen LogP contribution in [-0.4, -0.2) is 35.6 Å². The third kappa shape index (κ3) is 3.55. The van der Waals surface area contributed by atoms with Gasteiger partial charge in [-0.05, 0) is 65.4 Å². The summed E-state index contributed by atoms with van der Waals surface area (Å²) in [7, 11) is 2.02. The minimum atomic E-state index is 0.0166. The summed E-state index contributed by atoms with van der Waals surface area (Å²) >= 11 is 0. The normalized spacial score (nSPS) is 19.2. The van der Waals surface area contributed by atoms with E-state index in [-0.39, 0.29) is 11.6 Å². The summed E-state index contributed by atoms with van der Waals surface area (Å²) in [6.45, 7) is 9.05. The summed E-state index contributed by atoms with van der Waals surface area (Å²) in [6, 6.07) is 2.35. The molecule has 0 bridgehead atoms. The lowest BCUT2D eigenvalue weighted by Gasteiger charge is -2.44. The van der Waals surface area contributed by atoms with Crippen molar-refractivity contribution >= 4 is 5.82 Å². The highest BCUT2D eigenvalue weighted by atomic mass is 15.2. The lowest BCUT2D eigenvalue weighted by molar-refractivity contribution is 0.0866. The molecule has 21 heavy (non-hydrogen) atoms. The summed E-state index contributed by atoms with van der Waals surface area (Å²) in [5.74, 6) is 0.642. The molecule has 0 aliphatic carbocycles. The fourth-order valence-electron chi connectivity index (χ4n) is 3.55. The number of hydrogen-bond acceptors (Lipinski definition) is 4. The Labute approximate surface area is 129 Å². The van der Waals surface area contributed by atoms with Crippen LogP contribution in [0.15, 0.2) is 12.3 Å². The van der Waals surface area contributed by atoms with Crippen LogP contribution < -0.4 is 11.1 Å². The molecular weight excluding hydrogens is 260 g/mol. The average molecular weight is 290 g/mol. The highest BCUT2D eigenvalue weighted by Gasteiger charge is 2.36. The standard InChI is InChI=1S/C17H30N4/c1-13-11-14(16(18)20-12-13)15(19-4)17(2,3)21-9-7-5-6-8-10-21/h11-12,15,19H,5-10H2,1-4H3,(H2,18,20). The van der Waals surface area contributed by atoms with Crippen LogP contribution in [0.3, 0.4) is 0 Å². The van der Waals surface area contributed by atoms with Gasteiger partial charge >= 0.3 is 0 Å². The van der Waals surface area contributed by atoms with Crippen LogP contribution in [0.1, 0.15) is 56.7 Å². The van der Waals surface area contributed by atoms with Crippen LogP contribution in [0.2, 0.25) is 0 Å². The van der Waals surface area contributed by atoms with Gasteiger partial charge in [0, 0.05) is 17.3 Å². The van der Waals surface area contributed by atoms with Gasteiger partial charge in [0.1, 0.15) is 5.82 Å². The number of likely N-dealkylation sites (tertiary alicyclic amines) is 1. The molecule has 1 atom stereocenters. The second-order valence-corrected chi connectivity index (χ2v) is 6.76. The van der Waals surface area contributed by atoms with E-state index in [1.54, 1.807) is 0 Å². The Hall–Kier alpha value is -1.13. The van der Waals surface area contributed by atoms with E-state index in [2.05, 4.69) is 42.0 Å². The summed E-state index contributed by atoms with van der Waals surface area (Å²) < 4.78 is 0. The number of rotatable bonds is 4. The zero-order valence-corrected chi connectivity index (χ0v) is 13.9. The van der Waals surface area contributed by atoms with E-state index in [1.807, 2.05) is 13.2 Å². The van der Waals surface area contributed by atoms with Crippen LogP contribution in [0, 0.1) is 6.92 Å². The van der Waals surface area contributed by atoms with Gasteiger partial charge in [-0.15, -0.1) is 0 Å². The van der Waals surface area contributed by atoms with Gasteiger partial charge < -0.3 is 11.1 Å². The number of aryl methyl sites for hydroxylation is 1. The molecule has 1 saturated heterocycles. The van der Waals surface area contributed by atoms with Crippen molar-refractivity contribution in [2.45, 2.75) is 58.0 Å². The summed E-state index contributed by atoms with van der Waals surface area (Å²) in [5.41, 5.74) is 8.45. The molecule has 2 heterocycles. The molecule has 1 unspecified atom stereocenters. The number of nitrogens with one attached hydrogen (secondary N) is 1. The Bertz CT molecular complexity index is 462. The third-order valence-corrected chi connectivity index (χ3v) is 4.81. The molecule has 1 aromatic heterocycles. The summed E-state index contributed by atoms with van der Waals surface area (Å²) in [6.07, 6.45) is 7.13. The lowest BCUT2D eigenvalue weighted by Crippen LogP contribution is -2.52. The zero-order valence-electron chi connectivity index (χ0n) is 13.9. The highest BCUT2D eigenvalue weighted by molar-refractivity contribution is 5.44. The first-order valence-corrected chi connectivity index (χ1v) is 8.11. The topological polar surface area (TPSA) is 54.2 Å². The molecule has 4 heteroatoms. The largest absolute Gasteiger partial charge is 0.383 e. The molecule has 0 amide bonds. The Kier molecular flexibility index (Phi) is 5.22. The predicted octanol–water partition coefficient (Wildman–Crippen LogP) is 2.89. The molecule has 1 aliphatic heterocycles. The number of nitrogens with two attached hydrogens (primary N) is 1. The minimum absolute atomic E-state index is 0.0166. The van der Waals surface area contributed by atoms with E-state index < -0.39 is 0 Å². The monoisotopic (exact) mass is 290 g/mol. The second kappa shape index (κ2) is 6.75. The van der Waals surface area contributed by atoms with Crippen molar-refractivity contribution in [1.29, 1.82) is 0 Å². The van der Waals surface area contributed by atoms with E-state index in [0.29, 0.717) is 5.82 Å². The quantitative estimate of drug-likeness (QED) is 0.895. The van der Waals surface area contributed by atoms with Crippen molar-refractivity contribution in [3.63, 3.8) is 0 Å². The number of hydrogen-bond donors (Lipinski definition) is 2. The lowest BCUT2D eigenvalue weighted by atomic mass is 9.86. The molecule has 3 N–H and O–H groups in total. The third-order valence-electron chi connectivity index (χ3n) is 4.81. The molecule has 0 spiro atoms.